The zero-order valence-corrected chi connectivity index (χ0v) is 14.3. The van der Waals surface area contributed by atoms with Crippen LogP contribution in [0.25, 0.3) is 0 Å². The zero-order chi connectivity index (χ0) is 16.3. The van der Waals surface area contributed by atoms with Crippen LogP contribution >= 0.6 is 23.2 Å². The number of hydrogen-bond acceptors (Lipinski definition) is 3. The maximum atomic E-state index is 12.1. The highest BCUT2D eigenvalue weighted by Gasteiger charge is 2.19. The van der Waals surface area contributed by atoms with Crippen molar-refractivity contribution in [3.8, 4) is 0 Å². The molecule has 0 saturated heterocycles. The van der Waals surface area contributed by atoms with Crippen molar-refractivity contribution in [3.63, 3.8) is 0 Å². The van der Waals surface area contributed by atoms with E-state index >= 15 is 0 Å². The smallest absolute Gasteiger partial charge is 0.238 e. The maximum Gasteiger partial charge on any atom is 0.238 e. The van der Waals surface area contributed by atoms with E-state index in [0.29, 0.717) is 23.8 Å². The average Bonchev–Trinajstić information content (AvgIpc) is 3.04. The van der Waals surface area contributed by atoms with Gasteiger partial charge in [-0.05, 0) is 19.9 Å². The van der Waals surface area contributed by atoms with Crippen LogP contribution in [0, 0.1) is 0 Å². The van der Waals surface area contributed by atoms with E-state index in [1.807, 2.05) is 24.6 Å². The van der Waals surface area contributed by atoms with Crippen LogP contribution in [-0.4, -0.2) is 36.2 Å². The Hall–Kier alpha value is -1.53. The Labute approximate surface area is 139 Å². The number of carbonyl (C=O) groups excluding carboxylic acids is 1. The van der Waals surface area contributed by atoms with Gasteiger partial charge in [-0.2, -0.15) is 10.2 Å². The molecule has 0 aliphatic heterocycles. The molecule has 0 saturated carbocycles. The molecule has 2 rings (SSSR count). The summed E-state index contributed by atoms with van der Waals surface area (Å²) in [6.45, 7) is 4.81. The van der Waals surface area contributed by atoms with Crippen LogP contribution in [0.1, 0.15) is 31.3 Å². The molecule has 8 heteroatoms. The Morgan fingerprint density at radius 3 is 2.68 bits per heavy atom. The highest BCUT2D eigenvalue weighted by atomic mass is 35.5. The van der Waals surface area contributed by atoms with Crippen LogP contribution in [0.5, 0.6) is 0 Å². The van der Waals surface area contributed by atoms with Gasteiger partial charge in [0.2, 0.25) is 5.91 Å². The van der Waals surface area contributed by atoms with E-state index in [-0.39, 0.29) is 17.8 Å². The molecule has 0 atom stereocenters. The van der Waals surface area contributed by atoms with Gasteiger partial charge in [-0.3, -0.25) is 14.2 Å². The standard InChI is InChI=1S/C14H19Cl2N5O/c1-10(2)21-11(4-5-17-21)7-20(14(22)6-15)9-13-12(16)8-19(3)18-13/h4-5,8,10H,6-7,9H2,1-3H3. The fraction of sp³-hybridized carbons (Fsp3) is 0.500. The summed E-state index contributed by atoms with van der Waals surface area (Å²) < 4.78 is 3.51. The molecular formula is C14H19Cl2N5O. The number of carbonyl (C=O) groups is 1. The molecule has 1 amide bonds. The van der Waals surface area contributed by atoms with Gasteiger partial charge in [0.05, 0.1) is 23.8 Å². The van der Waals surface area contributed by atoms with Crippen molar-refractivity contribution >= 4 is 29.1 Å². The van der Waals surface area contributed by atoms with Gasteiger partial charge in [-0.25, -0.2) is 0 Å². The SMILES string of the molecule is CC(C)n1nccc1CN(Cc1nn(C)cc1Cl)C(=O)CCl. The van der Waals surface area contributed by atoms with Gasteiger partial charge in [0.25, 0.3) is 0 Å². The van der Waals surface area contributed by atoms with Gasteiger partial charge in [-0.15, -0.1) is 11.6 Å². The topological polar surface area (TPSA) is 56.0 Å². The van der Waals surface area contributed by atoms with Crippen LogP contribution in [0.3, 0.4) is 0 Å². The molecule has 0 N–H and O–H groups in total. The zero-order valence-electron chi connectivity index (χ0n) is 12.8. The van der Waals surface area contributed by atoms with Gasteiger partial charge in [0.15, 0.2) is 0 Å². The Balaban J connectivity index is 2.21. The third-order valence-corrected chi connectivity index (χ3v) is 3.80. The normalized spacial score (nSPS) is 11.2. The molecule has 2 aromatic heterocycles. The fourth-order valence-electron chi connectivity index (χ4n) is 2.24. The van der Waals surface area contributed by atoms with E-state index in [1.54, 1.807) is 29.0 Å². The van der Waals surface area contributed by atoms with E-state index in [0.717, 1.165) is 5.69 Å². The van der Waals surface area contributed by atoms with E-state index in [9.17, 15) is 4.79 Å². The number of nitrogens with zero attached hydrogens (tertiary/aromatic N) is 5. The summed E-state index contributed by atoms with van der Waals surface area (Å²) in [4.78, 5) is 13.8. The quantitative estimate of drug-likeness (QED) is 0.757. The molecule has 0 spiro atoms. The summed E-state index contributed by atoms with van der Waals surface area (Å²) in [5.41, 5.74) is 1.60. The lowest BCUT2D eigenvalue weighted by molar-refractivity contribution is -0.129. The summed E-state index contributed by atoms with van der Waals surface area (Å²) in [6.07, 6.45) is 3.44. The minimum atomic E-state index is -0.167. The van der Waals surface area contributed by atoms with Gasteiger partial charge in [-0.1, -0.05) is 11.6 Å². The predicted molar refractivity (Wildman–Crippen MR) is 85.8 cm³/mol. The molecule has 0 radical (unpaired) electrons. The third kappa shape index (κ3) is 3.81. The molecule has 120 valence electrons. The van der Waals surface area contributed by atoms with Crippen molar-refractivity contribution in [1.82, 2.24) is 24.5 Å². The molecule has 0 aromatic carbocycles. The van der Waals surface area contributed by atoms with E-state index in [1.165, 1.54) is 0 Å². The number of hydrogen-bond donors (Lipinski definition) is 0. The highest BCUT2D eigenvalue weighted by Crippen LogP contribution is 2.18. The lowest BCUT2D eigenvalue weighted by Gasteiger charge is -2.22. The molecule has 2 heterocycles. The van der Waals surface area contributed by atoms with Crippen LogP contribution in [0.4, 0.5) is 0 Å². The number of rotatable bonds is 6. The van der Waals surface area contributed by atoms with Crippen molar-refractivity contribution in [2.24, 2.45) is 7.05 Å². The van der Waals surface area contributed by atoms with Crippen LogP contribution < -0.4 is 0 Å². The van der Waals surface area contributed by atoms with E-state index in [4.69, 9.17) is 23.2 Å². The van der Waals surface area contributed by atoms with Gasteiger partial charge in [0.1, 0.15) is 11.6 Å². The van der Waals surface area contributed by atoms with Gasteiger partial charge in [0, 0.05) is 25.5 Å². The molecule has 0 aliphatic carbocycles. The second-order valence-corrected chi connectivity index (χ2v) is 6.02. The van der Waals surface area contributed by atoms with Gasteiger partial charge < -0.3 is 4.90 Å². The Morgan fingerprint density at radius 1 is 1.41 bits per heavy atom. The van der Waals surface area contributed by atoms with Crippen molar-refractivity contribution in [2.75, 3.05) is 5.88 Å². The lowest BCUT2D eigenvalue weighted by atomic mass is 10.3. The lowest BCUT2D eigenvalue weighted by Crippen LogP contribution is -2.32. The van der Waals surface area contributed by atoms with Crippen molar-refractivity contribution < 1.29 is 4.79 Å². The molecule has 0 aliphatic rings. The first-order chi connectivity index (χ1) is 10.4. The Morgan fingerprint density at radius 2 is 2.14 bits per heavy atom. The fourth-order valence-corrected chi connectivity index (χ4v) is 2.65. The number of aromatic nitrogens is 4. The monoisotopic (exact) mass is 343 g/mol. The summed E-state index contributed by atoms with van der Waals surface area (Å²) in [6, 6.07) is 2.12. The number of halogens is 2. The van der Waals surface area contributed by atoms with E-state index in [2.05, 4.69) is 10.2 Å². The van der Waals surface area contributed by atoms with Gasteiger partial charge >= 0.3 is 0 Å². The highest BCUT2D eigenvalue weighted by molar-refractivity contribution is 6.31. The summed E-state index contributed by atoms with van der Waals surface area (Å²) in [5.74, 6) is -0.250. The second kappa shape index (κ2) is 7.15. The molecule has 0 unspecified atom stereocenters. The van der Waals surface area contributed by atoms with Crippen molar-refractivity contribution in [3.05, 3.63) is 34.9 Å². The number of amides is 1. The third-order valence-electron chi connectivity index (χ3n) is 3.26. The van der Waals surface area contributed by atoms with Crippen LogP contribution in [0.15, 0.2) is 18.5 Å². The summed E-state index contributed by atoms with van der Waals surface area (Å²) in [7, 11) is 1.79. The maximum absolute atomic E-state index is 12.1. The molecule has 0 fully saturated rings. The number of alkyl halides is 1. The minimum Gasteiger partial charge on any atom is -0.330 e. The largest absolute Gasteiger partial charge is 0.330 e. The average molecular weight is 344 g/mol. The predicted octanol–water partition coefficient (Wildman–Crippen LogP) is 2.62. The first-order valence-electron chi connectivity index (χ1n) is 6.96. The molecule has 22 heavy (non-hydrogen) atoms. The van der Waals surface area contributed by atoms with Crippen molar-refractivity contribution in [1.29, 1.82) is 0 Å². The first kappa shape index (κ1) is 16.8. The number of aryl methyl sites for hydroxylation is 1. The first-order valence-corrected chi connectivity index (χ1v) is 7.87. The second-order valence-electron chi connectivity index (χ2n) is 5.34. The van der Waals surface area contributed by atoms with Crippen LogP contribution in [0.2, 0.25) is 5.02 Å². The molecule has 6 nitrogen and oxygen atoms in total. The van der Waals surface area contributed by atoms with Crippen LogP contribution in [-0.2, 0) is 24.9 Å². The molecular weight excluding hydrogens is 325 g/mol. The molecule has 0 bridgehead atoms. The Bertz CT molecular complexity index is 649. The molecule has 2 aromatic rings. The Kier molecular flexibility index (Phi) is 5.47. The summed E-state index contributed by atoms with van der Waals surface area (Å²) >= 11 is 11.9. The summed E-state index contributed by atoms with van der Waals surface area (Å²) in [5, 5.41) is 9.10. The van der Waals surface area contributed by atoms with Crippen molar-refractivity contribution in [2.45, 2.75) is 33.0 Å². The minimum absolute atomic E-state index is 0.0831. The van der Waals surface area contributed by atoms with E-state index < -0.39 is 0 Å².